The molecule has 6 nitrogen and oxygen atoms in total. The molecule has 1 aliphatic heterocycles. The first-order chi connectivity index (χ1) is 12.4. The van der Waals surface area contributed by atoms with Gasteiger partial charge in [-0.3, -0.25) is 9.52 Å². The number of nitrogens with zero attached hydrogens (tertiary/aromatic N) is 1. The van der Waals surface area contributed by atoms with Gasteiger partial charge in [0.25, 0.3) is 15.9 Å². The number of halogens is 1. The minimum absolute atomic E-state index is 0.0728. The van der Waals surface area contributed by atoms with Crippen molar-refractivity contribution >= 4 is 33.2 Å². The van der Waals surface area contributed by atoms with E-state index in [4.69, 9.17) is 17.3 Å². The van der Waals surface area contributed by atoms with Crippen molar-refractivity contribution in [3.63, 3.8) is 0 Å². The van der Waals surface area contributed by atoms with E-state index in [1.165, 1.54) is 24.3 Å². The van der Waals surface area contributed by atoms with Gasteiger partial charge in [-0.05, 0) is 43.2 Å². The van der Waals surface area contributed by atoms with Crippen molar-refractivity contribution in [3.8, 4) is 0 Å². The van der Waals surface area contributed by atoms with Crippen LogP contribution in [0.1, 0.15) is 23.2 Å². The molecule has 1 heterocycles. The molecule has 3 N–H and O–H groups in total. The molecule has 2 aromatic rings. The van der Waals surface area contributed by atoms with Gasteiger partial charge in [-0.15, -0.1) is 0 Å². The summed E-state index contributed by atoms with van der Waals surface area (Å²) in [7, 11) is -3.81. The highest BCUT2D eigenvalue weighted by molar-refractivity contribution is 7.92. The quantitative estimate of drug-likeness (QED) is 0.835. The average Bonchev–Trinajstić information content (AvgIpc) is 2.63. The smallest absolute Gasteiger partial charge is 0.261 e. The first-order valence-electron chi connectivity index (χ1n) is 8.29. The number of carbonyl (C=O) groups excluding carboxylic acids is 1. The van der Waals surface area contributed by atoms with E-state index in [0.717, 1.165) is 12.8 Å². The van der Waals surface area contributed by atoms with Crippen molar-refractivity contribution < 1.29 is 13.2 Å². The van der Waals surface area contributed by atoms with Crippen molar-refractivity contribution in [2.24, 2.45) is 5.73 Å². The average molecular weight is 394 g/mol. The fourth-order valence-corrected chi connectivity index (χ4v) is 4.22. The van der Waals surface area contributed by atoms with Crippen molar-refractivity contribution in [1.82, 2.24) is 4.90 Å². The second-order valence-corrected chi connectivity index (χ2v) is 8.38. The standard InChI is InChI=1S/C18H20ClN3O3S/c19-13-8-9-17(21-26(24,25)15-6-2-1-3-7-15)16(11-13)18(23)22-10-4-5-14(20)12-22/h1-3,6-9,11,14,21H,4-5,10,12,20H2. The number of nitrogens with one attached hydrogen (secondary N) is 1. The molecule has 2 aromatic carbocycles. The van der Waals surface area contributed by atoms with E-state index in [9.17, 15) is 13.2 Å². The molecule has 1 fully saturated rings. The molecule has 0 aliphatic carbocycles. The Morgan fingerprint density at radius 2 is 1.92 bits per heavy atom. The number of sulfonamides is 1. The summed E-state index contributed by atoms with van der Waals surface area (Å²) in [6, 6.07) is 12.4. The normalized spacial score (nSPS) is 17.8. The van der Waals surface area contributed by atoms with Gasteiger partial charge >= 0.3 is 0 Å². The van der Waals surface area contributed by atoms with E-state index >= 15 is 0 Å². The Hall–Kier alpha value is -2.09. The monoisotopic (exact) mass is 393 g/mol. The Labute approximate surface area is 158 Å². The Kier molecular flexibility index (Phi) is 5.50. The van der Waals surface area contributed by atoms with Crippen LogP contribution >= 0.6 is 11.6 Å². The number of carbonyl (C=O) groups is 1. The van der Waals surface area contributed by atoms with E-state index in [0.29, 0.717) is 18.1 Å². The third kappa shape index (κ3) is 4.17. The maximum Gasteiger partial charge on any atom is 0.261 e. The summed E-state index contributed by atoms with van der Waals surface area (Å²) >= 11 is 6.04. The van der Waals surface area contributed by atoms with Crippen LogP contribution in [0.5, 0.6) is 0 Å². The number of likely N-dealkylation sites (tertiary alicyclic amines) is 1. The summed E-state index contributed by atoms with van der Waals surface area (Å²) in [5.74, 6) is -0.284. The SMILES string of the molecule is NC1CCCN(C(=O)c2cc(Cl)ccc2NS(=O)(=O)c2ccccc2)C1. The van der Waals surface area contributed by atoms with Crippen LogP contribution in [-0.4, -0.2) is 38.4 Å². The van der Waals surface area contributed by atoms with E-state index in [1.807, 2.05) is 0 Å². The molecule has 0 saturated carbocycles. The molecular weight excluding hydrogens is 374 g/mol. The van der Waals surface area contributed by atoms with Gasteiger partial charge in [-0.1, -0.05) is 29.8 Å². The number of piperidine rings is 1. The number of anilines is 1. The first kappa shape index (κ1) is 18.7. The Bertz CT molecular complexity index is 903. The van der Waals surface area contributed by atoms with Crippen molar-refractivity contribution in [2.75, 3.05) is 17.8 Å². The Balaban J connectivity index is 1.92. The first-order valence-corrected chi connectivity index (χ1v) is 10.2. The van der Waals surface area contributed by atoms with E-state index in [2.05, 4.69) is 4.72 Å². The maximum absolute atomic E-state index is 12.9. The summed E-state index contributed by atoms with van der Waals surface area (Å²) in [4.78, 5) is 14.7. The molecule has 1 aliphatic rings. The topological polar surface area (TPSA) is 92.5 Å². The Morgan fingerprint density at radius 1 is 1.19 bits per heavy atom. The lowest BCUT2D eigenvalue weighted by atomic mass is 10.0. The van der Waals surface area contributed by atoms with Crippen molar-refractivity contribution in [2.45, 2.75) is 23.8 Å². The van der Waals surface area contributed by atoms with Crippen LogP contribution in [0.3, 0.4) is 0 Å². The fraction of sp³-hybridized carbons (Fsp3) is 0.278. The minimum atomic E-state index is -3.81. The number of benzene rings is 2. The summed E-state index contributed by atoms with van der Waals surface area (Å²) in [6.07, 6.45) is 1.69. The van der Waals surface area contributed by atoms with Crippen molar-refractivity contribution in [1.29, 1.82) is 0 Å². The maximum atomic E-state index is 12.9. The largest absolute Gasteiger partial charge is 0.337 e. The summed E-state index contributed by atoms with van der Waals surface area (Å²) in [5, 5.41) is 0.359. The second kappa shape index (κ2) is 7.65. The number of nitrogens with two attached hydrogens (primary N) is 1. The molecule has 1 atom stereocenters. The van der Waals surface area contributed by atoms with Gasteiger partial charge in [-0.2, -0.15) is 0 Å². The number of rotatable bonds is 4. The minimum Gasteiger partial charge on any atom is -0.337 e. The predicted octanol–water partition coefficient (Wildman–Crippen LogP) is 2.70. The molecule has 26 heavy (non-hydrogen) atoms. The molecule has 1 unspecified atom stereocenters. The van der Waals surface area contributed by atoms with E-state index < -0.39 is 10.0 Å². The van der Waals surface area contributed by atoms with Gasteiger partial charge in [0.15, 0.2) is 0 Å². The van der Waals surface area contributed by atoms with Crippen LogP contribution in [0.25, 0.3) is 0 Å². The van der Waals surface area contributed by atoms with Crippen LogP contribution in [0, 0.1) is 0 Å². The van der Waals surface area contributed by atoms with Crippen LogP contribution in [-0.2, 0) is 10.0 Å². The zero-order valence-electron chi connectivity index (χ0n) is 14.1. The molecule has 0 radical (unpaired) electrons. The van der Waals surface area contributed by atoms with Gasteiger partial charge < -0.3 is 10.6 Å². The van der Waals surface area contributed by atoms with Crippen LogP contribution in [0.2, 0.25) is 5.02 Å². The molecule has 1 saturated heterocycles. The molecule has 8 heteroatoms. The molecule has 3 rings (SSSR count). The summed E-state index contributed by atoms with van der Waals surface area (Å²) < 4.78 is 27.7. The zero-order chi connectivity index (χ0) is 18.7. The number of amides is 1. The molecular formula is C18H20ClN3O3S. The Morgan fingerprint density at radius 3 is 2.62 bits per heavy atom. The third-order valence-corrected chi connectivity index (χ3v) is 5.87. The number of hydrogen-bond donors (Lipinski definition) is 2. The van der Waals surface area contributed by atoms with E-state index in [1.54, 1.807) is 29.2 Å². The highest BCUT2D eigenvalue weighted by atomic mass is 35.5. The fourth-order valence-electron chi connectivity index (χ4n) is 2.95. The van der Waals surface area contributed by atoms with Crippen LogP contribution < -0.4 is 10.5 Å². The molecule has 0 aromatic heterocycles. The van der Waals surface area contributed by atoms with Gasteiger partial charge in [0.05, 0.1) is 16.1 Å². The molecule has 1 amide bonds. The van der Waals surface area contributed by atoms with E-state index in [-0.39, 0.29) is 28.1 Å². The van der Waals surface area contributed by atoms with Crippen LogP contribution in [0.4, 0.5) is 5.69 Å². The highest BCUT2D eigenvalue weighted by Gasteiger charge is 2.26. The van der Waals surface area contributed by atoms with Gasteiger partial charge in [0, 0.05) is 24.2 Å². The molecule has 0 bridgehead atoms. The number of hydrogen-bond acceptors (Lipinski definition) is 4. The summed E-state index contributed by atoms with van der Waals surface area (Å²) in [5.41, 5.74) is 6.37. The van der Waals surface area contributed by atoms with Gasteiger partial charge in [0.2, 0.25) is 0 Å². The molecule has 0 spiro atoms. The summed E-state index contributed by atoms with van der Waals surface area (Å²) in [6.45, 7) is 1.03. The highest BCUT2D eigenvalue weighted by Crippen LogP contribution is 2.26. The zero-order valence-corrected chi connectivity index (χ0v) is 15.6. The second-order valence-electron chi connectivity index (χ2n) is 6.26. The predicted molar refractivity (Wildman–Crippen MR) is 102 cm³/mol. The third-order valence-electron chi connectivity index (χ3n) is 4.25. The van der Waals surface area contributed by atoms with Crippen LogP contribution in [0.15, 0.2) is 53.4 Å². The van der Waals surface area contributed by atoms with Crippen molar-refractivity contribution in [3.05, 3.63) is 59.1 Å². The lowest BCUT2D eigenvalue weighted by Gasteiger charge is -2.31. The lowest BCUT2D eigenvalue weighted by Crippen LogP contribution is -2.45. The van der Waals surface area contributed by atoms with Gasteiger partial charge in [0.1, 0.15) is 0 Å². The lowest BCUT2D eigenvalue weighted by molar-refractivity contribution is 0.0710. The molecule has 138 valence electrons. The van der Waals surface area contributed by atoms with Gasteiger partial charge in [-0.25, -0.2) is 8.42 Å².